The number of nitrogens with one attached hydrogen (secondary N) is 1. The van der Waals surface area contributed by atoms with Crippen LogP contribution in [0.15, 0.2) is 61.1 Å². The van der Waals surface area contributed by atoms with Crippen molar-refractivity contribution >= 4 is 17.5 Å². The number of imidazole rings is 1. The summed E-state index contributed by atoms with van der Waals surface area (Å²) in [5.41, 5.74) is 3.04. The first kappa shape index (κ1) is 27.0. The number of pyridine rings is 1. The Bertz CT molecular complexity index is 1480. The summed E-state index contributed by atoms with van der Waals surface area (Å²) < 4.78 is 22.5. The van der Waals surface area contributed by atoms with Crippen LogP contribution in [0.5, 0.6) is 0 Å². The molecule has 2 fully saturated rings. The van der Waals surface area contributed by atoms with Gasteiger partial charge in [-0.2, -0.15) is 0 Å². The van der Waals surface area contributed by atoms with Gasteiger partial charge < -0.3 is 19.5 Å². The van der Waals surface area contributed by atoms with Gasteiger partial charge in [-0.1, -0.05) is 30.3 Å². The minimum absolute atomic E-state index is 0.0898. The molecule has 2 saturated heterocycles. The average molecular weight is 557 g/mol. The number of rotatable bonds is 7. The summed E-state index contributed by atoms with van der Waals surface area (Å²) in [6.45, 7) is 7.07. The summed E-state index contributed by atoms with van der Waals surface area (Å²) in [6.07, 6.45) is 6.06. The third-order valence-corrected chi connectivity index (χ3v) is 7.67. The molecule has 10 nitrogen and oxygen atoms in total. The molecular weight excluding hydrogens is 523 g/mol. The van der Waals surface area contributed by atoms with E-state index in [0.717, 1.165) is 44.5 Å². The lowest BCUT2D eigenvalue weighted by Gasteiger charge is -2.34. The van der Waals surface area contributed by atoms with Gasteiger partial charge in [0.1, 0.15) is 17.2 Å². The standard InChI is InChI=1S/C30H33FN8O2/c1-21-32-19-27(39(21)24-9-15-41-16-10-24)28-25(31)18-34-30(36-28)35-23-7-8-26(33-17-23)29(40)38-13-11-37(12-14-38)20-22-5-3-2-4-6-22/h2-8,17-19,24H,9-16,20H2,1H3,(H,34,35,36). The van der Waals surface area contributed by atoms with E-state index in [0.29, 0.717) is 43.4 Å². The summed E-state index contributed by atoms with van der Waals surface area (Å²) in [5, 5.41) is 3.09. The quantitative estimate of drug-likeness (QED) is 0.361. The SMILES string of the molecule is Cc1ncc(-c2nc(Nc3ccc(C(=O)N4CCN(Cc5ccccc5)CC4)nc3)ncc2F)n1C1CCOCC1. The number of ether oxygens (including phenoxy) is 1. The first-order chi connectivity index (χ1) is 20.0. The lowest BCUT2D eigenvalue weighted by molar-refractivity contribution is 0.0622. The van der Waals surface area contributed by atoms with Crippen LogP contribution < -0.4 is 5.32 Å². The Hall–Kier alpha value is -4.22. The smallest absolute Gasteiger partial charge is 0.272 e. The number of piperazine rings is 1. The molecule has 4 aromatic rings. The fourth-order valence-corrected chi connectivity index (χ4v) is 5.48. The van der Waals surface area contributed by atoms with Gasteiger partial charge in [-0.15, -0.1) is 0 Å². The van der Waals surface area contributed by atoms with Crippen molar-refractivity contribution in [1.82, 2.24) is 34.3 Å². The molecule has 41 heavy (non-hydrogen) atoms. The Morgan fingerprint density at radius 3 is 2.49 bits per heavy atom. The van der Waals surface area contributed by atoms with Crippen molar-refractivity contribution < 1.29 is 13.9 Å². The number of nitrogens with zero attached hydrogens (tertiary/aromatic N) is 7. The van der Waals surface area contributed by atoms with Gasteiger partial charge in [0.15, 0.2) is 5.82 Å². The van der Waals surface area contributed by atoms with Gasteiger partial charge in [-0.05, 0) is 37.5 Å². The molecule has 0 aliphatic carbocycles. The summed E-state index contributed by atoms with van der Waals surface area (Å²) >= 11 is 0. The molecule has 1 amide bonds. The lowest BCUT2D eigenvalue weighted by atomic mass is 10.1. The van der Waals surface area contributed by atoms with Crippen molar-refractivity contribution in [2.45, 2.75) is 32.4 Å². The number of benzene rings is 1. The predicted octanol–water partition coefficient (Wildman–Crippen LogP) is 4.24. The van der Waals surface area contributed by atoms with Gasteiger partial charge in [-0.25, -0.2) is 24.3 Å². The molecule has 2 aliphatic rings. The summed E-state index contributed by atoms with van der Waals surface area (Å²) in [7, 11) is 0. The number of anilines is 2. The zero-order valence-corrected chi connectivity index (χ0v) is 23.0. The summed E-state index contributed by atoms with van der Waals surface area (Å²) in [5.74, 6) is 0.426. The van der Waals surface area contributed by atoms with Crippen LogP contribution in [-0.4, -0.2) is 79.6 Å². The molecule has 2 aliphatic heterocycles. The van der Waals surface area contributed by atoms with E-state index >= 15 is 0 Å². The zero-order valence-electron chi connectivity index (χ0n) is 23.0. The largest absolute Gasteiger partial charge is 0.381 e. The molecule has 1 aromatic carbocycles. The number of hydrogen-bond acceptors (Lipinski definition) is 8. The zero-order chi connectivity index (χ0) is 28.2. The van der Waals surface area contributed by atoms with Crippen molar-refractivity contribution in [3.05, 3.63) is 84.0 Å². The van der Waals surface area contributed by atoms with Gasteiger partial charge in [0.2, 0.25) is 5.95 Å². The predicted molar refractivity (Wildman–Crippen MR) is 152 cm³/mol. The maximum atomic E-state index is 14.9. The van der Waals surface area contributed by atoms with E-state index in [4.69, 9.17) is 4.74 Å². The number of aromatic nitrogens is 5. The number of carbonyl (C=O) groups excluding carboxylic acids is 1. The van der Waals surface area contributed by atoms with Crippen molar-refractivity contribution in [3.63, 3.8) is 0 Å². The fourth-order valence-electron chi connectivity index (χ4n) is 5.48. The van der Waals surface area contributed by atoms with Crippen LogP contribution in [0.3, 0.4) is 0 Å². The second-order valence-corrected chi connectivity index (χ2v) is 10.4. The van der Waals surface area contributed by atoms with Crippen molar-refractivity contribution in [2.24, 2.45) is 0 Å². The van der Waals surface area contributed by atoms with E-state index < -0.39 is 5.82 Å². The molecule has 3 aromatic heterocycles. The molecule has 0 unspecified atom stereocenters. The van der Waals surface area contributed by atoms with E-state index in [9.17, 15) is 9.18 Å². The van der Waals surface area contributed by atoms with Crippen LogP contribution in [0.2, 0.25) is 0 Å². The lowest BCUT2D eigenvalue weighted by Crippen LogP contribution is -2.48. The number of aryl methyl sites for hydroxylation is 1. The number of amides is 1. The third kappa shape index (κ3) is 6.10. The molecule has 212 valence electrons. The summed E-state index contributed by atoms with van der Waals surface area (Å²) in [4.78, 5) is 34.7. The molecule has 6 rings (SSSR count). The number of hydrogen-bond donors (Lipinski definition) is 1. The first-order valence-electron chi connectivity index (χ1n) is 14.0. The third-order valence-electron chi connectivity index (χ3n) is 7.67. The van der Waals surface area contributed by atoms with Crippen LogP contribution in [0.4, 0.5) is 16.0 Å². The van der Waals surface area contributed by atoms with E-state index in [1.807, 2.05) is 34.6 Å². The molecule has 5 heterocycles. The maximum Gasteiger partial charge on any atom is 0.272 e. The second-order valence-electron chi connectivity index (χ2n) is 10.4. The van der Waals surface area contributed by atoms with Crippen LogP contribution in [-0.2, 0) is 11.3 Å². The van der Waals surface area contributed by atoms with Gasteiger partial charge in [-0.3, -0.25) is 9.69 Å². The highest BCUT2D eigenvalue weighted by Crippen LogP contribution is 2.31. The molecule has 11 heteroatoms. The molecule has 0 radical (unpaired) electrons. The highest BCUT2D eigenvalue weighted by Gasteiger charge is 2.25. The number of halogens is 1. The average Bonchev–Trinajstić information content (AvgIpc) is 3.40. The van der Waals surface area contributed by atoms with E-state index in [1.54, 1.807) is 24.5 Å². The van der Waals surface area contributed by atoms with Crippen molar-refractivity contribution in [2.75, 3.05) is 44.7 Å². The Morgan fingerprint density at radius 2 is 1.76 bits per heavy atom. The molecular formula is C30H33FN8O2. The Labute approximate surface area is 238 Å². The van der Waals surface area contributed by atoms with Crippen LogP contribution in [0.25, 0.3) is 11.4 Å². The minimum Gasteiger partial charge on any atom is -0.381 e. The molecule has 0 atom stereocenters. The van der Waals surface area contributed by atoms with E-state index in [-0.39, 0.29) is 23.6 Å². The van der Waals surface area contributed by atoms with Gasteiger partial charge in [0.05, 0.1) is 30.0 Å². The van der Waals surface area contributed by atoms with E-state index in [2.05, 4.69) is 42.3 Å². The second kappa shape index (κ2) is 12.1. The van der Waals surface area contributed by atoms with Gasteiger partial charge >= 0.3 is 0 Å². The molecule has 1 N–H and O–H groups in total. The Balaban J connectivity index is 1.10. The number of carbonyl (C=O) groups is 1. The first-order valence-corrected chi connectivity index (χ1v) is 14.0. The van der Waals surface area contributed by atoms with Crippen LogP contribution in [0, 0.1) is 12.7 Å². The fraction of sp³-hybridized carbons (Fsp3) is 0.367. The van der Waals surface area contributed by atoms with E-state index in [1.165, 1.54) is 5.56 Å². The Kier molecular flexibility index (Phi) is 7.97. The normalized spacial score (nSPS) is 16.6. The molecule has 0 spiro atoms. The molecule has 0 saturated carbocycles. The van der Waals surface area contributed by atoms with Crippen molar-refractivity contribution in [3.8, 4) is 11.4 Å². The van der Waals surface area contributed by atoms with Crippen LogP contribution in [0.1, 0.15) is 40.8 Å². The maximum absolute atomic E-state index is 14.9. The van der Waals surface area contributed by atoms with Gasteiger partial charge in [0, 0.05) is 52.0 Å². The Morgan fingerprint density at radius 1 is 0.976 bits per heavy atom. The van der Waals surface area contributed by atoms with Crippen molar-refractivity contribution in [1.29, 1.82) is 0 Å². The monoisotopic (exact) mass is 556 g/mol. The highest BCUT2D eigenvalue weighted by molar-refractivity contribution is 5.92. The minimum atomic E-state index is -0.522. The van der Waals surface area contributed by atoms with Gasteiger partial charge in [0.25, 0.3) is 5.91 Å². The molecule has 0 bridgehead atoms. The highest BCUT2D eigenvalue weighted by atomic mass is 19.1. The summed E-state index contributed by atoms with van der Waals surface area (Å²) in [6, 6.07) is 14.0. The topological polar surface area (TPSA) is 101 Å². The van der Waals surface area contributed by atoms with Crippen LogP contribution >= 0.6 is 0 Å².